The van der Waals surface area contributed by atoms with Crippen LogP contribution < -0.4 is 10.6 Å². The van der Waals surface area contributed by atoms with Crippen LogP contribution in [-0.4, -0.2) is 101 Å². The summed E-state index contributed by atoms with van der Waals surface area (Å²) in [4.78, 5) is 60.8. The Labute approximate surface area is 400 Å². The first-order valence-electron chi connectivity index (χ1n) is 22.1. The number of ether oxygens (including phenoxy) is 1. The largest absolute Gasteiger partial charge is 0.465 e. The molecule has 2 aliphatic rings. The lowest BCUT2D eigenvalue weighted by atomic mass is 9.99. The summed E-state index contributed by atoms with van der Waals surface area (Å²) in [5.41, 5.74) is 5.02. The number of carbonyl (C=O) groups excluding carboxylic acids is 3. The van der Waals surface area contributed by atoms with Crippen molar-refractivity contribution in [1.29, 1.82) is 0 Å². The van der Waals surface area contributed by atoms with Crippen molar-refractivity contribution in [3.8, 4) is 21.1 Å². The van der Waals surface area contributed by atoms with Crippen LogP contribution in [0.1, 0.15) is 68.2 Å². The molecule has 2 aromatic carbocycles. The maximum absolute atomic E-state index is 14.9. The van der Waals surface area contributed by atoms with Gasteiger partial charge in [0.05, 0.1) is 46.3 Å². The van der Waals surface area contributed by atoms with Crippen molar-refractivity contribution >= 4 is 68.3 Å². The molecule has 2 unspecified atom stereocenters. The highest BCUT2D eigenvalue weighted by atomic mass is 33.1. The number of fused-ring (bicyclic) bond motifs is 2. The fourth-order valence-corrected chi connectivity index (χ4v) is 12.2. The summed E-state index contributed by atoms with van der Waals surface area (Å²) in [6, 6.07) is 29.7. The second kappa shape index (κ2) is 21.4. The molecule has 8 rings (SSSR count). The van der Waals surface area contributed by atoms with Crippen molar-refractivity contribution in [1.82, 2.24) is 40.0 Å². The van der Waals surface area contributed by atoms with Crippen LogP contribution in [0.15, 0.2) is 108 Å². The summed E-state index contributed by atoms with van der Waals surface area (Å²) in [5.74, 6) is -0.381. The average molecular weight is 967 g/mol. The molecule has 0 bridgehead atoms. The second-order valence-corrected chi connectivity index (χ2v) is 21.7. The van der Waals surface area contributed by atoms with Crippen LogP contribution in [0.4, 0.5) is 9.59 Å². The number of hydrogen-bond acceptors (Lipinski definition) is 11. The lowest BCUT2D eigenvalue weighted by Crippen LogP contribution is -2.54. The smallest absolute Gasteiger partial charge is 0.408 e. The van der Waals surface area contributed by atoms with E-state index in [0.717, 1.165) is 50.1 Å². The maximum Gasteiger partial charge on any atom is 0.408 e. The van der Waals surface area contributed by atoms with Gasteiger partial charge in [-0.1, -0.05) is 94.4 Å². The van der Waals surface area contributed by atoms with Gasteiger partial charge in [-0.2, -0.15) is 10.2 Å². The Hall–Kier alpha value is -5.56. The Kier molecular flexibility index (Phi) is 15.2. The number of carboxylic acid groups (broad SMARTS) is 1. The third-order valence-electron chi connectivity index (χ3n) is 11.5. The minimum absolute atomic E-state index is 0.0822. The molecule has 4 atom stereocenters. The Morgan fingerprint density at radius 1 is 0.682 bits per heavy atom. The van der Waals surface area contributed by atoms with Crippen LogP contribution in [0, 0.1) is 0 Å². The zero-order chi connectivity index (χ0) is 46.2. The van der Waals surface area contributed by atoms with Gasteiger partial charge >= 0.3 is 12.2 Å². The molecule has 6 aromatic rings. The second-order valence-electron chi connectivity index (χ2n) is 17.2. The van der Waals surface area contributed by atoms with Crippen LogP contribution in [0.25, 0.3) is 21.1 Å². The first-order valence-corrected chi connectivity index (χ1v) is 26.3. The van der Waals surface area contributed by atoms with Gasteiger partial charge in [-0.15, -0.1) is 22.7 Å². The highest BCUT2D eigenvalue weighted by Gasteiger charge is 2.39. The van der Waals surface area contributed by atoms with E-state index in [1.807, 2.05) is 91.8 Å². The summed E-state index contributed by atoms with van der Waals surface area (Å²) in [6.07, 6.45) is 0.649. The monoisotopic (exact) mass is 966 g/mol. The number of aryl methyl sites for hydroxylation is 2. The molecule has 0 aliphatic carbocycles. The van der Waals surface area contributed by atoms with Gasteiger partial charge in [-0.3, -0.25) is 19.0 Å². The van der Waals surface area contributed by atoms with Gasteiger partial charge in [0.1, 0.15) is 29.1 Å². The topological polar surface area (TPSA) is 164 Å². The van der Waals surface area contributed by atoms with Gasteiger partial charge in [0.25, 0.3) is 0 Å². The van der Waals surface area contributed by atoms with E-state index in [0.29, 0.717) is 45.4 Å². The average Bonchev–Trinajstić information content (AvgIpc) is 4.15. The van der Waals surface area contributed by atoms with Crippen LogP contribution in [0.3, 0.4) is 0 Å². The van der Waals surface area contributed by atoms with Crippen molar-refractivity contribution in [2.75, 3.05) is 24.6 Å². The predicted octanol–water partition coefficient (Wildman–Crippen LogP) is 9.18. The third kappa shape index (κ3) is 11.7. The van der Waals surface area contributed by atoms with E-state index in [9.17, 15) is 24.3 Å². The zero-order valence-electron chi connectivity index (χ0n) is 37.1. The number of hydrogen-bond donors (Lipinski definition) is 3. The fraction of sp³-hybridized carbons (Fsp3) is 0.375. The maximum atomic E-state index is 14.9. The number of nitrogens with zero attached hydrogens (tertiary/aromatic N) is 6. The van der Waals surface area contributed by atoms with Crippen LogP contribution in [0.2, 0.25) is 0 Å². The Balaban J connectivity index is 0.996. The molecular weight excluding hydrogens is 913 g/mol. The van der Waals surface area contributed by atoms with Crippen LogP contribution in [0.5, 0.6) is 0 Å². The molecular formula is C48H54N8O6S4. The molecule has 4 aromatic heterocycles. The molecule has 66 heavy (non-hydrogen) atoms. The normalized spacial score (nSPS) is 16.8. The number of benzene rings is 2. The quantitative estimate of drug-likeness (QED) is 0.0593. The fourth-order valence-electron chi connectivity index (χ4n) is 8.49. The molecule has 0 saturated carbocycles. The lowest BCUT2D eigenvalue weighted by molar-refractivity contribution is -0.137. The Bertz CT molecular complexity index is 2560. The van der Waals surface area contributed by atoms with Crippen molar-refractivity contribution < 1.29 is 29.0 Å². The number of carbonyl (C=O) groups is 4. The molecule has 14 nitrogen and oxygen atoms in total. The van der Waals surface area contributed by atoms with Crippen molar-refractivity contribution in [2.24, 2.45) is 0 Å². The van der Waals surface area contributed by atoms with Gasteiger partial charge < -0.3 is 30.3 Å². The molecule has 18 heteroatoms. The highest BCUT2D eigenvalue weighted by Crippen LogP contribution is 2.37. The van der Waals surface area contributed by atoms with E-state index >= 15 is 0 Å². The number of alkyl carbamates (subject to hydrolysis) is 1. The molecule has 0 spiro atoms. The summed E-state index contributed by atoms with van der Waals surface area (Å²) in [7, 11) is 2.58. The first-order chi connectivity index (χ1) is 31.9. The van der Waals surface area contributed by atoms with E-state index in [1.54, 1.807) is 48.3 Å². The molecule has 346 valence electrons. The molecule has 3 N–H and O–H groups in total. The number of aromatic nitrogens is 4. The number of rotatable bonds is 17. The molecule has 2 aliphatic heterocycles. The summed E-state index contributed by atoms with van der Waals surface area (Å²) >= 11 is 3.22. The van der Waals surface area contributed by atoms with Crippen LogP contribution in [-0.2, 0) is 40.3 Å². The third-order valence-corrected chi connectivity index (χ3v) is 15.7. The highest BCUT2D eigenvalue weighted by molar-refractivity contribution is 8.76. The molecule has 0 radical (unpaired) electrons. The molecule has 6 heterocycles. The standard InChI is InChI=1S/C48H54N8O6S4/c1-48(2,3)62-47(61)50-37(45(58)54-23-25-56-41(29-35(52-56)43-17-11-27-64-43)39(54)21-19-33-14-8-5-9-15-33)31-66-65-30-36(49-46(59)60)44(57)53-22-24-55-40(28-34(51-55)42-16-10-26-63-42)38(53)20-18-32-12-6-4-7-13-32/h4-17,26-29,36-39,49H,18-25,30-31H2,1-3H3,(H,50,61)(H,59,60)/t36-,37-,38?,39?/m0/s1. The van der Waals surface area contributed by atoms with Gasteiger partial charge in [0, 0.05) is 24.6 Å². The van der Waals surface area contributed by atoms with Crippen molar-refractivity contribution in [3.05, 3.63) is 130 Å². The Morgan fingerprint density at radius 3 is 1.55 bits per heavy atom. The van der Waals surface area contributed by atoms with Gasteiger partial charge in [-0.25, -0.2) is 9.59 Å². The summed E-state index contributed by atoms with van der Waals surface area (Å²) in [5, 5.41) is 29.2. The summed E-state index contributed by atoms with van der Waals surface area (Å²) < 4.78 is 9.61. The van der Waals surface area contributed by atoms with E-state index < -0.39 is 29.9 Å². The van der Waals surface area contributed by atoms with E-state index in [4.69, 9.17) is 14.9 Å². The van der Waals surface area contributed by atoms with Gasteiger partial charge in [0.2, 0.25) is 11.8 Å². The van der Waals surface area contributed by atoms with Gasteiger partial charge in [0.15, 0.2) is 0 Å². The number of amides is 4. The zero-order valence-corrected chi connectivity index (χ0v) is 40.3. The molecule has 0 saturated heterocycles. The van der Waals surface area contributed by atoms with E-state index in [-0.39, 0.29) is 35.4 Å². The first kappa shape index (κ1) is 47.0. The predicted molar refractivity (Wildman–Crippen MR) is 263 cm³/mol. The SMILES string of the molecule is CC(C)(C)OC(=O)N[C@@H](CSSC[C@H](NC(=O)O)C(=O)N1CCn2nc(-c3cccs3)cc2C1CCc1ccccc1)C(=O)N1CCn2nc(-c3cccs3)cc2C1CCc1ccccc1. The molecule has 4 amide bonds. The summed E-state index contributed by atoms with van der Waals surface area (Å²) in [6.45, 7) is 6.99. The van der Waals surface area contributed by atoms with Crippen LogP contribution >= 0.6 is 44.3 Å². The lowest BCUT2D eigenvalue weighted by Gasteiger charge is -2.38. The van der Waals surface area contributed by atoms with E-state index in [1.165, 1.54) is 21.6 Å². The Morgan fingerprint density at radius 2 is 1.14 bits per heavy atom. The molecule has 0 fully saturated rings. The van der Waals surface area contributed by atoms with E-state index in [2.05, 4.69) is 41.0 Å². The minimum atomic E-state index is -1.31. The van der Waals surface area contributed by atoms with Crippen molar-refractivity contribution in [3.63, 3.8) is 0 Å². The number of nitrogens with one attached hydrogen (secondary N) is 2. The van der Waals surface area contributed by atoms with Crippen molar-refractivity contribution in [2.45, 2.75) is 89.3 Å². The minimum Gasteiger partial charge on any atom is -0.465 e. The van der Waals surface area contributed by atoms with Gasteiger partial charge in [-0.05, 0) is 92.6 Å². The number of thiophene rings is 2.